The minimum absolute atomic E-state index is 0.117. The highest BCUT2D eigenvalue weighted by Gasteiger charge is 2.31. The number of ether oxygens (including phenoxy) is 1. The van der Waals surface area contributed by atoms with Gasteiger partial charge in [-0.1, -0.05) is 11.6 Å². The number of H-pyrrole nitrogens is 1. The van der Waals surface area contributed by atoms with E-state index >= 15 is 0 Å². The lowest BCUT2D eigenvalue weighted by atomic mass is 9.93. The molecule has 1 fully saturated rings. The molecule has 0 aliphatic carbocycles. The van der Waals surface area contributed by atoms with Crippen LogP contribution in [0.5, 0.6) is 0 Å². The first-order valence-electron chi connectivity index (χ1n) is 6.61. The van der Waals surface area contributed by atoms with E-state index in [1.165, 1.54) is 6.07 Å². The third-order valence-electron chi connectivity index (χ3n) is 3.79. The number of imidazole rings is 1. The summed E-state index contributed by atoms with van der Waals surface area (Å²) >= 11 is 11.3. The number of fused-ring (bicyclic) bond motifs is 1. The van der Waals surface area contributed by atoms with E-state index in [-0.39, 0.29) is 16.7 Å². The molecule has 3 rings (SSSR count). The molecule has 3 nitrogen and oxygen atoms in total. The lowest BCUT2D eigenvalue weighted by Crippen LogP contribution is -2.35. The van der Waals surface area contributed by atoms with Gasteiger partial charge in [0, 0.05) is 18.7 Å². The SMILES string of the molecule is CC1(C)CC(n2c(=S)[nH]c3cc(F)c(Cl)cc32)CCO1. The first-order valence-corrected chi connectivity index (χ1v) is 7.39. The topological polar surface area (TPSA) is 29.9 Å². The maximum absolute atomic E-state index is 13.5. The number of aromatic nitrogens is 2. The highest BCUT2D eigenvalue weighted by Crippen LogP contribution is 2.35. The molecule has 2 heterocycles. The summed E-state index contributed by atoms with van der Waals surface area (Å²) in [7, 11) is 0. The van der Waals surface area contributed by atoms with Gasteiger partial charge in [0.1, 0.15) is 5.82 Å². The molecule has 108 valence electrons. The lowest BCUT2D eigenvalue weighted by Gasteiger charge is -2.36. The first-order chi connectivity index (χ1) is 9.37. The van der Waals surface area contributed by atoms with Crippen LogP contribution in [0.25, 0.3) is 11.0 Å². The van der Waals surface area contributed by atoms with Gasteiger partial charge in [-0.3, -0.25) is 0 Å². The Labute approximate surface area is 126 Å². The third-order valence-corrected chi connectivity index (χ3v) is 4.38. The molecule has 0 bridgehead atoms. The maximum atomic E-state index is 13.5. The quantitative estimate of drug-likeness (QED) is 0.778. The van der Waals surface area contributed by atoms with E-state index in [0.717, 1.165) is 18.4 Å². The Morgan fingerprint density at radius 1 is 1.50 bits per heavy atom. The van der Waals surface area contributed by atoms with Crippen LogP contribution in [0.4, 0.5) is 4.39 Å². The van der Waals surface area contributed by atoms with Gasteiger partial charge in [-0.25, -0.2) is 4.39 Å². The van der Waals surface area contributed by atoms with Gasteiger partial charge in [0.2, 0.25) is 0 Å². The van der Waals surface area contributed by atoms with E-state index < -0.39 is 5.82 Å². The normalized spacial score (nSPS) is 22.3. The van der Waals surface area contributed by atoms with E-state index in [9.17, 15) is 4.39 Å². The van der Waals surface area contributed by atoms with Gasteiger partial charge < -0.3 is 14.3 Å². The van der Waals surface area contributed by atoms with Crippen molar-refractivity contribution in [2.24, 2.45) is 0 Å². The zero-order valence-electron chi connectivity index (χ0n) is 11.4. The molecule has 0 radical (unpaired) electrons. The predicted octanol–water partition coefficient (Wildman–Crippen LogP) is 4.62. The van der Waals surface area contributed by atoms with Crippen LogP contribution in [-0.4, -0.2) is 21.8 Å². The Hall–Kier alpha value is -0.910. The first kappa shape index (κ1) is 14.0. The molecule has 1 unspecified atom stereocenters. The van der Waals surface area contributed by atoms with E-state index in [1.807, 2.05) is 4.57 Å². The Bertz CT molecular complexity index is 722. The average Bonchev–Trinajstić information content (AvgIpc) is 2.64. The molecule has 1 aliphatic rings. The van der Waals surface area contributed by atoms with Crippen LogP contribution in [0.2, 0.25) is 5.02 Å². The van der Waals surface area contributed by atoms with Gasteiger partial charge in [0.05, 0.1) is 21.7 Å². The molecule has 0 amide bonds. The molecule has 1 aliphatic heterocycles. The molecule has 1 atom stereocenters. The van der Waals surface area contributed by atoms with Crippen molar-refractivity contribution in [3.8, 4) is 0 Å². The number of halogens is 2. The number of hydrogen-bond acceptors (Lipinski definition) is 2. The average molecular weight is 315 g/mol. The largest absolute Gasteiger partial charge is 0.375 e. The van der Waals surface area contributed by atoms with E-state index in [2.05, 4.69) is 18.8 Å². The maximum Gasteiger partial charge on any atom is 0.178 e. The summed E-state index contributed by atoms with van der Waals surface area (Å²) in [4.78, 5) is 3.06. The summed E-state index contributed by atoms with van der Waals surface area (Å²) in [6.45, 7) is 4.84. The standard InChI is InChI=1S/C14H16ClFN2OS/c1-14(2)7-8(3-4-19-14)18-12-5-9(15)10(16)6-11(12)17-13(18)20/h5-6,8H,3-4,7H2,1-2H3,(H,17,20). The molecule has 0 spiro atoms. The highest BCUT2D eigenvalue weighted by atomic mass is 35.5. The summed E-state index contributed by atoms with van der Waals surface area (Å²) in [6.07, 6.45) is 1.75. The lowest BCUT2D eigenvalue weighted by molar-refractivity contribution is -0.0687. The fourth-order valence-electron chi connectivity index (χ4n) is 2.90. The number of hydrogen-bond donors (Lipinski definition) is 1. The van der Waals surface area contributed by atoms with Crippen LogP contribution in [0.15, 0.2) is 12.1 Å². The molecular formula is C14H16ClFN2OS. The van der Waals surface area contributed by atoms with Crippen LogP contribution in [0.3, 0.4) is 0 Å². The minimum Gasteiger partial charge on any atom is -0.375 e. The van der Waals surface area contributed by atoms with Crippen molar-refractivity contribution >= 4 is 34.9 Å². The van der Waals surface area contributed by atoms with Crippen LogP contribution in [-0.2, 0) is 4.74 Å². The number of aromatic amines is 1. The Kier molecular flexibility index (Phi) is 3.39. The van der Waals surface area contributed by atoms with Gasteiger partial charge in [-0.15, -0.1) is 0 Å². The number of rotatable bonds is 1. The van der Waals surface area contributed by atoms with Crippen molar-refractivity contribution in [3.05, 3.63) is 27.7 Å². The number of nitrogens with zero attached hydrogens (tertiary/aromatic N) is 1. The fourth-order valence-corrected chi connectivity index (χ4v) is 3.42. The van der Waals surface area contributed by atoms with E-state index in [1.54, 1.807) is 6.07 Å². The van der Waals surface area contributed by atoms with Crippen molar-refractivity contribution < 1.29 is 9.13 Å². The molecule has 0 saturated carbocycles. The van der Waals surface area contributed by atoms with Crippen molar-refractivity contribution in [1.29, 1.82) is 0 Å². The van der Waals surface area contributed by atoms with Crippen molar-refractivity contribution in [2.75, 3.05) is 6.61 Å². The molecular weight excluding hydrogens is 299 g/mol. The van der Waals surface area contributed by atoms with Crippen LogP contribution in [0.1, 0.15) is 32.7 Å². The van der Waals surface area contributed by atoms with Gasteiger partial charge in [0.25, 0.3) is 0 Å². The zero-order chi connectivity index (χ0) is 14.5. The van der Waals surface area contributed by atoms with E-state index in [4.69, 9.17) is 28.6 Å². The Balaban J connectivity index is 2.13. The van der Waals surface area contributed by atoms with Crippen LogP contribution in [0, 0.1) is 10.6 Å². The molecule has 1 aromatic carbocycles. The fraction of sp³-hybridized carbons (Fsp3) is 0.500. The van der Waals surface area contributed by atoms with Crippen molar-refractivity contribution in [2.45, 2.75) is 38.3 Å². The Morgan fingerprint density at radius 2 is 2.25 bits per heavy atom. The Morgan fingerprint density at radius 3 is 2.95 bits per heavy atom. The molecule has 1 saturated heterocycles. The number of benzene rings is 1. The number of nitrogens with one attached hydrogen (secondary N) is 1. The molecule has 20 heavy (non-hydrogen) atoms. The third kappa shape index (κ3) is 2.38. The summed E-state index contributed by atoms with van der Waals surface area (Å²) in [5.41, 5.74) is 1.36. The smallest absolute Gasteiger partial charge is 0.178 e. The van der Waals surface area contributed by atoms with Crippen LogP contribution >= 0.6 is 23.8 Å². The summed E-state index contributed by atoms with van der Waals surface area (Å²) < 4.78 is 21.9. The van der Waals surface area contributed by atoms with Gasteiger partial charge >= 0.3 is 0 Å². The second-order valence-corrected chi connectivity index (χ2v) is 6.63. The second kappa shape index (κ2) is 4.83. The molecule has 1 N–H and O–H groups in total. The van der Waals surface area contributed by atoms with Crippen molar-refractivity contribution in [3.63, 3.8) is 0 Å². The van der Waals surface area contributed by atoms with Gasteiger partial charge in [-0.2, -0.15) is 0 Å². The van der Waals surface area contributed by atoms with Crippen LogP contribution < -0.4 is 0 Å². The summed E-state index contributed by atoms with van der Waals surface area (Å²) in [6, 6.07) is 3.27. The predicted molar refractivity (Wildman–Crippen MR) is 80.4 cm³/mol. The molecule has 2 aromatic rings. The highest BCUT2D eigenvalue weighted by molar-refractivity contribution is 7.71. The van der Waals surface area contributed by atoms with Gasteiger partial charge in [-0.05, 0) is 45.0 Å². The second-order valence-electron chi connectivity index (χ2n) is 5.84. The zero-order valence-corrected chi connectivity index (χ0v) is 12.9. The minimum atomic E-state index is -0.435. The molecule has 6 heteroatoms. The van der Waals surface area contributed by atoms with Crippen molar-refractivity contribution in [1.82, 2.24) is 9.55 Å². The molecule has 1 aromatic heterocycles. The summed E-state index contributed by atoms with van der Waals surface area (Å²) in [5.74, 6) is -0.435. The van der Waals surface area contributed by atoms with E-state index in [0.29, 0.717) is 16.9 Å². The summed E-state index contributed by atoms with van der Waals surface area (Å²) in [5, 5.41) is 0.117. The monoisotopic (exact) mass is 314 g/mol. The van der Waals surface area contributed by atoms with Gasteiger partial charge in [0.15, 0.2) is 4.77 Å².